The SMILES string of the molecule is CCC1CCC(c2noc(C3COCCC3NC)n2)C1. The molecule has 3 rings (SSSR count). The van der Waals surface area contributed by atoms with Crippen molar-refractivity contribution in [2.75, 3.05) is 20.3 Å². The minimum Gasteiger partial charge on any atom is -0.381 e. The van der Waals surface area contributed by atoms with Crippen molar-refractivity contribution in [2.45, 2.75) is 56.9 Å². The van der Waals surface area contributed by atoms with Crippen LogP contribution in [0, 0.1) is 5.92 Å². The fourth-order valence-corrected chi connectivity index (χ4v) is 3.57. The molecule has 1 aromatic heterocycles. The Morgan fingerprint density at radius 3 is 2.95 bits per heavy atom. The maximum absolute atomic E-state index is 5.57. The highest BCUT2D eigenvalue weighted by atomic mass is 16.5. The maximum Gasteiger partial charge on any atom is 0.233 e. The van der Waals surface area contributed by atoms with Gasteiger partial charge in [0.15, 0.2) is 5.82 Å². The molecule has 0 radical (unpaired) electrons. The van der Waals surface area contributed by atoms with Crippen LogP contribution in [-0.2, 0) is 4.74 Å². The first-order valence-electron chi connectivity index (χ1n) is 7.90. The Morgan fingerprint density at radius 1 is 1.30 bits per heavy atom. The number of aromatic nitrogens is 2. The predicted octanol–water partition coefficient (Wildman–Crippen LogP) is 2.46. The topological polar surface area (TPSA) is 60.2 Å². The van der Waals surface area contributed by atoms with E-state index in [-0.39, 0.29) is 5.92 Å². The Hall–Kier alpha value is -0.940. The first-order valence-corrected chi connectivity index (χ1v) is 7.90. The van der Waals surface area contributed by atoms with Crippen molar-refractivity contribution >= 4 is 0 Å². The zero-order chi connectivity index (χ0) is 13.9. The van der Waals surface area contributed by atoms with Gasteiger partial charge in [-0.25, -0.2) is 0 Å². The normalized spacial score (nSPS) is 34.5. The number of likely N-dealkylation sites (N-methyl/N-ethyl adjacent to an activating group) is 1. The standard InChI is InChI=1S/C15H25N3O2/c1-3-10-4-5-11(8-10)14-17-15(20-18-14)12-9-19-7-6-13(12)16-2/h10-13,16H,3-9H2,1-2H3. The minimum atomic E-state index is 0.193. The summed E-state index contributed by atoms with van der Waals surface area (Å²) in [6.07, 6.45) is 5.98. The molecular weight excluding hydrogens is 254 g/mol. The van der Waals surface area contributed by atoms with Gasteiger partial charge in [-0.3, -0.25) is 0 Å². The number of nitrogens with zero attached hydrogens (tertiary/aromatic N) is 2. The van der Waals surface area contributed by atoms with E-state index in [0.29, 0.717) is 18.6 Å². The second kappa shape index (κ2) is 6.22. The van der Waals surface area contributed by atoms with Crippen molar-refractivity contribution < 1.29 is 9.26 Å². The Balaban J connectivity index is 1.70. The number of hydrogen-bond donors (Lipinski definition) is 1. The summed E-state index contributed by atoms with van der Waals surface area (Å²) in [4.78, 5) is 4.69. The maximum atomic E-state index is 5.57. The van der Waals surface area contributed by atoms with Gasteiger partial charge < -0.3 is 14.6 Å². The molecule has 5 heteroatoms. The quantitative estimate of drug-likeness (QED) is 0.917. The van der Waals surface area contributed by atoms with Gasteiger partial charge in [-0.05, 0) is 38.6 Å². The van der Waals surface area contributed by atoms with E-state index in [1.54, 1.807) is 0 Å². The van der Waals surface area contributed by atoms with Crippen molar-refractivity contribution in [1.82, 2.24) is 15.5 Å². The molecular formula is C15H25N3O2. The smallest absolute Gasteiger partial charge is 0.233 e. The van der Waals surface area contributed by atoms with E-state index in [1.807, 2.05) is 7.05 Å². The molecule has 2 fully saturated rings. The molecule has 1 saturated carbocycles. The largest absolute Gasteiger partial charge is 0.381 e. The number of nitrogens with one attached hydrogen (secondary N) is 1. The molecule has 4 unspecified atom stereocenters. The van der Waals surface area contributed by atoms with Crippen molar-refractivity contribution in [3.05, 3.63) is 11.7 Å². The summed E-state index contributed by atoms with van der Waals surface area (Å²) in [6, 6.07) is 0.379. The van der Waals surface area contributed by atoms with Crippen molar-refractivity contribution in [2.24, 2.45) is 5.92 Å². The lowest BCUT2D eigenvalue weighted by molar-refractivity contribution is 0.0516. The fourth-order valence-electron chi connectivity index (χ4n) is 3.57. The van der Waals surface area contributed by atoms with Crippen LogP contribution in [0.4, 0.5) is 0 Å². The molecule has 0 spiro atoms. The van der Waals surface area contributed by atoms with Gasteiger partial charge in [0, 0.05) is 18.6 Å². The first kappa shape index (κ1) is 14.0. The third kappa shape index (κ3) is 2.74. The summed E-state index contributed by atoms with van der Waals surface area (Å²) in [5.41, 5.74) is 0. The molecule has 0 aromatic carbocycles. The van der Waals surface area contributed by atoms with E-state index in [1.165, 1.54) is 25.7 Å². The average molecular weight is 279 g/mol. The van der Waals surface area contributed by atoms with E-state index in [9.17, 15) is 0 Å². The molecule has 2 heterocycles. The molecule has 1 aliphatic carbocycles. The summed E-state index contributed by atoms with van der Waals surface area (Å²) in [7, 11) is 1.99. The summed E-state index contributed by atoms with van der Waals surface area (Å²) >= 11 is 0. The van der Waals surface area contributed by atoms with Crippen LogP contribution >= 0.6 is 0 Å². The number of rotatable bonds is 4. The molecule has 0 bridgehead atoms. The second-order valence-electron chi connectivity index (χ2n) is 6.14. The highest BCUT2D eigenvalue weighted by Gasteiger charge is 2.33. The lowest BCUT2D eigenvalue weighted by Crippen LogP contribution is -2.39. The molecule has 1 aromatic rings. The van der Waals surface area contributed by atoms with Gasteiger partial charge in [0.1, 0.15) is 0 Å². The van der Waals surface area contributed by atoms with Gasteiger partial charge in [0.05, 0.1) is 12.5 Å². The fraction of sp³-hybridized carbons (Fsp3) is 0.867. The molecule has 1 saturated heterocycles. The Kier molecular flexibility index (Phi) is 4.36. The van der Waals surface area contributed by atoms with Crippen LogP contribution < -0.4 is 5.32 Å². The van der Waals surface area contributed by atoms with Gasteiger partial charge in [-0.15, -0.1) is 0 Å². The Morgan fingerprint density at radius 2 is 2.20 bits per heavy atom. The molecule has 20 heavy (non-hydrogen) atoms. The summed E-state index contributed by atoms with van der Waals surface area (Å²) in [5.74, 6) is 3.19. The van der Waals surface area contributed by atoms with Crippen LogP contribution in [0.2, 0.25) is 0 Å². The van der Waals surface area contributed by atoms with Gasteiger partial charge in [0.25, 0.3) is 0 Å². The van der Waals surface area contributed by atoms with Crippen LogP contribution in [0.5, 0.6) is 0 Å². The van der Waals surface area contributed by atoms with Crippen LogP contribution in [0.1, 0.15) is 62.6 Å². The molecule has 4 atom stereocenters. The van der Waals surface area contributed by atoms with E-state index < -0.39 is 0 Å². The molecule has 1 aliphatic heterocycles. The number of hydrogen-bond acceptors (Lipinski definition) is 5. The zero-order valence-electron chi connectivity index (χ0n) is 12.5. The van der Waals surface area contributed by atoms with E-state index in [4.69, 9.17) is 9.26 Å². The lowest BCUT2D eigenvalue weighted by Gasteiger charge is -2.28. The molecule has 112 valence electrons. The minimum absolute atomic E-state index is 0.193. The van der Waals surface area contributed by atoms with Crippen LogP contribution in [0.15, 0.2) is 4.52 Å². The van der Waals surface area contributed by atoms with E-state index in [0.717, 1.165) is 30.7 Å². The highest BCUT2D eigenvalue weighted by Crippen LogP contribution is 2.39. The van der Waals surface area contributed by atoms with Crippen molar-refractivity contribution in [3.63, 3.8) is 0 Å². The van der Waals surface area contributed by atoms with E-state index >= 15 is 0 Å². The van der Waals surface area contributed by atoms with Gasteiger partial charge in [0.2, 0.25) is 5.89 Å². The second-order valence-corrected chi connectivity index (χ2v) is 6.14. The third-order valence-electron chi connectivity index (χ3n) is 4.99. The first-order chi connectivity index (χ1) is 9.81. The van der Waals surface area contributed by atoms with E-state index in [2.05, 4.69) is 22.4 Å². The molecule has 0 amide bonds. The predicted molar refractivity (Wildman–Crippen MR) is 75.7 cm³/mol. The zero-order valence-corrected chi connectivity index (χ0v) is 12.5. The Labute approximate surface area is 120 Å². The summed E-state index contributed by atoms with van der Waals surface area (Å²) < 4.78 is 11.1. The monoisotopic (exact) mass is 279 g/mol. The van der Waals surface area contributed by atoms with Gasteiger partial charge in [-0.2, -0.15) is 4.98 Å². The van der Waals surface area contributed by atoms with Gasteiger partial charge in [-0.1, -0.05) is 18.5 Å². The molecule has 5 nitrogen and oxygen atoms in total. The van der Waals surface area contributed by atoms with Crippen LogP contribution in [-0.4, -0.2) is 36.4 Å². The van der Waals surface area contributed by atoms with Crippen molar-refractivity contribution in [3.8, 4) is 0 Å². The summed E-state index contributed by atoms with van der Waals surface area (Å²) in [5, 5.41) is 7.58. The van der Waals surface area contributed by atoms with Gasteiger partial charge >= 0.3 is 0 Å². The third-order valence-corrected chi connectivity index (χ3v) is 4.99. The Bertz CT molecular complexity index is 435. The van der Waals surface area contributed by atoms with Crippen LogP contribution in [0.3, 0.4) is 0 Å². The summed E-state index contributed by atoms with van der Waals surface area (Å²) in [6.45, 7) is 3.75. The van der Waals surface area contributed by atoms with Crippen molar-refractivity contribution in [1.29, 1.82) is 0 Å². The molecule has 2 aliphatic rings. The van der Waals surface area contributed by atoms with Crippen LogP contribution in [0.25, 0.3) is 0 Å². The number of ether oxygens (including phenoxy) is 1. The average Bonchev–Trinajstić information content (AvgIpc) is 3.15. The highest BCUT2D eigenvalue weighted by molar-refractivity contribution is 5.05. The lowest BCUT2D eigenvalue weighted by atomic mass is 9.96. The molecule has 1 N–H and O–H groups in total.